The smallest absolute Gasteiger partial charge is 0.0860 e. The molecule has 1 fully saturated rings. The number of rotatable bonds is 4. The van der Waals surface area contributed by atoms with Gasteiger partial charge in [-0.2, -0.15) is 5.10 Å². The van der Waals surface area contributed by atoms with Crippen LogP contribution in [-0.4, -0.2) is 33.7 Å². The Morgan fingerprint density at radius 3 is 3.06 bits per heavy atom. The predicted molar refractivity (Wildman–Crippen MR) is 61.1 cm³/mol. The minimum Gasteiger partial charge on any atom is -0.390 e. The van der Waals surface area contributed by atoms with Gasteiger partial charge >= 0.3 is 0 Å². The van der Waals surface area contributed by atoms with E-state index in [1.54, 1.807) is 6.20 Å². The number of aromatic nitrogens is 2. The molecule has 1 aliphatic rings. The van der Waals surface area contributed by atoms with Gasteiger partial charge in [0.15, 0.2) is 0 Å². The molecule has 3 atom stereocenters. The molecule has 90 valence electrons. The van der Waals surface area contributed by atoms with Crippen molar-refractivity contribution < 1.29 is 9.84 Å². The third-order valence-electron chi connectivity index (χ3n) is 3.44. The van der Waals surface area contributed by atoms with Gasteiger partial charge in [-0.25, -0.2) is 0 Å². The van der Waals surface area contributed by atoms with Crippen molar-refractivity contribution in [2.45, 2.75) is 38.4 Å². The first-order valence-electron chi connectivity index (χ1n) is 5.95. The molecular formula is C12H20N2O2. The predicted octanol–water partition coefficient (Wildman–Crippen LogP) is 1.14. The molecule has 0 amide bonds. The minimum absolute atomic E-state index is 0.0215. The van der Waals surface area contributed by atoms with Crippen molar-refractivity contribution in [1.29, 1.82) is 0 Å². The van der Waals surface area contributed by atoms with Gasteiger partial charge in [0.25, 0.3) is 0 Å². The summed E-state index contributed by atoms with van der Waals surface area (Å²) >= 11 is 0. The average Bonchev–Trinajstić information content (AvgIpc) is 2.84. The van der Waals surface area contributed by atoms with Gasteiger partial charge in [0, 0.05) is 25.5 Å². The van der Waals surface area contributed by atoms with Gasteiger partial charge in [-0.15, -0.1) is 0 Å². The molecule has 3 unspecified atom stereocenters. The standard InChI is InChI=1S/C12H20N2O2/c1-9-6-8-16-12(9)11(15)4-3-10-5-7-13-14(10)2/h5,7,9,11-12,15H,3-4,6,8H2,1-2H3. The van der Waals surface area contributed by atoms with Crippen LogP contribution in [0.25, 0.3) is 0 Å². The van der Waals surface area contributed by atoms with Gasteiger partial charge in [0.2, 0.25) is 0 Å². The number of hydrogen-bond donors (Lipinski definition) is 1. The Kier molecular flexibility index (Phi) is 3.61. The van der Waals surface area contributed by atoms with Crippen molar-refractivity contribution in [3.8, 4) is 0 Å². The van der Waals surface area contributed by atoms with E-state index in [4.69, 9.17) is 4.74 Å². The Hall–Kier alpha value is -0.870. The normalized spacial score (nSPS) is 27.2. The van der Waals surface area contributed by atoms with E-state index >= 15 is 0 Å². The van der Waals surface area contributed by atoms with Crippen molar-refractivity contribution in [2.75, 3.05) is 6.61 Å². The average molecular weight is 224 g/mol. The molecule has 0 aliphatic carbocycles. The fraction of sp³-hybridized carbons (Fsp3) is 0.750. The lowest BCUT2D eigenvalue weighted by molar-refractivity contribution is -0.0199. The first-order chi connectivity index (χ1) is 7.68. The second-order valence-electron chi connectivity index (χ2n) is 4.65. The quantitative estimate of drug-likeness (QED) is 0.834. The van der Waals surface area contributed by atoms with E-state index in [2.05, 4.69) is 12.0 Å². The first kappa shape index (κ1) is 11.6. The summed E-state index contributed by atoms with van der Waals surface area (Å²) in [6.45, 7) is 2.93. The summed E-state index contributed by atoms with van der Waals surface area (Å²) in [4.78, 5) is 0. The molecule has 0 radical (unpaired) electrons. The second kappa shape index (κ2) is 4.97. The van der Waals surface area contributed by atoms with Crippen LogP contribution in [0.2, 0.25) is 0 Å². The van der Waals surface area contributed by atoms with Crippen LogP contribution in [0.5, 0.6) is 0 Å². The summed E-state index contributed by atoms with van der Waals surface area (Å²) < 4.78 is 7.41. The number of aliphatic hydroxyl groups is 1. The van der Waals surface area contributed by atoms with E-state index in [1.165, 1.54) is 0 Å². The SMILES string of the molecule is CC1CCOC1C(O)CCc1ccnn1C. The summed E-state index contributed by atoms with van der Waals surface area (Å²) in [5, 5.41) is 14.2. The van der Waals surface area contributed by atoms with Crippen molar-refractivity contribution >= 4 is 0 Å². The highest BCUT2D eigenvalue weighted by atomic mass is 16.5. The lowest BCUT2D eigenvalue weighted by Gasteiger charge is -2.21. The van der Waals surface area contributed by atoms with Crippen molar-refractivity contribution in [1.82, 2.24) is 9.78 Å². The minimum atomic E-state index is -0.354. The lowest BCUT2D eigenvalue weighted by atomic mass is 9.96. The van der Waals surface area contributed by atoms with E-state index in [-0.39, 0.29) is 12.2 Å². The van der Waals surface area contributed by atoms with Crippen molar-refractivity contribution in [2.24, 2.45) is 13.0 Å². The van der Waals surface area contributed by atoms with Crippen LogP contribution in [0.4, 0.5) is 0 Å². The number of ether oxygens (including phenoxy) is 1. The van der Waals surface area contributed by atoms with E-state index < -0.39 is 0 Å². The Labute approximate surface area is 96.2 Å². The summed E-state index contributed by atoms with van der Waals surface area (Å²) in [5.41, 5.74) is 1.16. The molecule has 1 aliphatic heterocycles. The Morgan fingerprint density at radius 1 is 1.69 bits per heavy atom. The largest absolute Gasteiger partial charge is 0.390 e. The van der Waals surface area contributed by atoms with Crippen LogP contribution in [0.15, 0.2) is 12.3 Å². The van der Waals surface area contributed by atoms with Gasteiger partial charge in [-0.1, -0.05) is 6.92 Å². The molecule has 0 aromatic carbocycles. The Morgan fingerprint density at radius 2 is 2.50 bits per heavy atom. The number of aliphatic hydroxyl groups excluding tert-OH is 1. The molecule has 1 saturated heterocycles. The van der Waals surface area contributed by atoms with Crippen molar-refractivity contribution in [3.05, 3.63) is 18.0 Å². The molecular weight excluding hydrogens is 204 g/mol. The summed E-state index contributed by atoms with van der Waals surface area (Å²) in [6.07, 6.45) is 4.11. The van der Waals surface area contributed by atoms with Gasteiger partial charge in [0.05, 0.1) is 12.2 Å². The molecule has 1 aromatic rings. The van der Waals surface area contributed by atoms with Crippen LogP contribution < -0.4 is 0 Å². The van der Waals surface area contributed by atoms with Crippen LogP contribution in [0.3, 0.4) is 0 Å². The maximum atomic E-state index is 10.1. The van der Waals surface area contributed by atoms with Gasteiger partial charge in [-0.05, 0) is 31.2 Å². The molecule has 0 bridgehead atoms. The van der Waals surface area contributed by atoms with Crippen LogP contribution in [0, 0.1) is 5.92 Å². The van der Waals surface area contributed by atoms with Gasteiger partial charge in [0.1, 0.15) is 0 Å². The highest BCUT2D eigenvalue weighted by Crippen LogP contribution is 2.24. The molecule has 0 spiro atoms. The second-order valence-corrected chi connectivity index (χ2v) is 4.65. The molecule has 2 rings (SSSR count). The van der Waals surface area contributed by atoms with Crippen molar-refractivity contribution in [3.63, 3.8) is 0 Å². The molecule has 2 heterocycles. The maximum absolute atomic E-state index is 10.1. The van der Waals surface area contributed by atoms with E-state index in [1.807, 2.05) is 17.8 Å². The monoisotopic (exact) mass is 224 g/mol. The number of hydrogen-bond acceptors (Lipinski definition) is 3. The Bertz CT molecular complexity index is 338. The van der Waals surface area contributed by atoms with E-state index in [0.717, 1.165) is 31.6 Å². The fourth-order valence-corrected chi connectivity index (χ4v) is 2.32. The summed E-state index contributed by atoms with van der Waals surface area (Å²) in [5.74, 6) is 0.474. The topological polar surface area (TPSA) is 47.3 Å². The molecule has 1 aromatic heterocycles. The highest BCUT2D eigenvalue weighted by Gasteiger charge is 2.30. The highest BCUT2D eigenvalue weighted by molar-refractivity contribution is 5.00. The molecule has 0 saturated carbocycles. The van der Waals surface area contributed by atoms with Gasteiger partial charge in [-0.3, -0.25) is 4.68 Å². The number of aryl methyl sites for hydroxylation is 2. The van der Waals surface area contributed by atoms with Gasteiger partial charge < -0.3 is 9.84 Å². The van der Waals surface area contributed by atoms with Crippen LogP contribution in [-0.2, 0) is 18.2 Å². The zero-order chi connectivity index (χ0) is 11.5. The summed E-state index contributed by atoms with van der Waals surface area (Å²) in [7, 11) is 1.93. The molecule has 4 nitrogen and oxygen atoms in total. The third-order valence-corrected chi connectivity index (χ3v) is 3.44. The molecule has 16 heavy (non-hydrogen) atoms. The molecule has 4 heteroatoms. The fourth-order valence-electron chi connectivity index (χ4n) is 2.32. The number of nitrogens with zero attached hydrogens (tertiary/aromatic N) is 2. The van der Waals surface area contributed by atoms with E-state index in [9.17, 15) is 5.11 Å². The Balaban J connectivity index is 1.84. The van der Waals surface area contributed by atoms with Crippen LogP contribution >= 0.6 is 0 Å². The third kappa shape index (κ3) is 2.44. The zero-order valence-electron chi connectivity index (χ0n) is 9.97. The maximum Gasteiger partial charge on any atom is 0.0860 e. The zero-order valence-corrected chi connectivity index (χ0v) is 9.97. The first-order valence-corrected chi connectivity index (χ1v) is 5.95. The van der Waals surface area contributed by atoms with Crippen LogP contribution in [0.1, 0.15) is 25.5 Å². The molecule has 1 N–H and O–H groups in total. The lowest BCUT2D eigenvalue weighted by Crippen LogP contribution is -2.30. The van der Waals surface area contributed by atoms with E-state index in [0.29, 0.717) is 5.92 Å². The summed E-state index contributed by atoms with van der Waals surface area (Å²) in [6, 6.07) is 1.99.